The summed E-state index contributed by atoms with van der Waals surface area (Å²) in [4.78, 5) is 14.0. The van der Waals surface area contributed by atoms with E-state index in [1.807, 2.05) is 27.0 Å². The fourth-order valence-electron chi connectivity index (χ4n) is 2.97. The lowest BCUT2D eigenvalue weighted by atomic mass is 9.85. The SMILES string of the molecule is COC[C@H](C)Cc1cc2c(cc1N)C(C)(C)C(=O)N2C. The molecule has 0 aromatic heterocycles. The number of likely N-dealkylation sites (N-methyl/N-ethyl adjacent to an activating group) is 1. The average Bonchev–Trinajstić information content (AvgIpc) is 2.53. The molecule has 1 aromatic rings. The van der Waals surface area contributed by atoms with Crippen LogP contribution in [0.2, 0.25) is 0 Å². The van der Waals surface area contributed by atoms with Crippen LogP contribution in [0.15, 0.2) is 12.1 Å². The monoisotopic (exact) mass is 276 g/mol. The first-order chi connectivity index (χ1) is 9.28. The molecule has 20 heavy (non-hydrogen) atoms. The highest BCUT2D eigenvalue weighted by Gasteiger charge is 2.42. The van der Waals surface area contributed by atoms with E-state index in [1.165, 1.54) is 0 Å². The number of carbonyl (C=O) groups is 1. The van der Waals surface area contributed by atoms with E-state index in [0.717, 1.165) is 28.9 Å². The van der Waals surface area contributed by atoms with Crippen molar-refractivity contribution in [3.05, 3.63) is 23.3 Å². The second-order valence-corrected chi connectivity index (χ2v) is 6.32. The summed E-state index contributed by atoms with van der Waals surface area (Å²) in [7, 11) is 3.53. The highest BCUT2D eigenvalue weighted by molar-refractivity contribution is 6.07. The Morgan fingerprint density at radius 3 is 2.65 bits per heavy atom. The van der Waals surface area contributed by atoms with Gasteiger partial charge in [0.1, 0.15) is 0 Å². The van der Waals surface area contributed by atoms with Gasteiger partial charge in [-0.25, -0.2) is 0 Å². The maximum absolute atomic E-state index is 12.3. The summed E-state index contributed by atoms with van der Waals surface area (Å²) in [6.45, 7) is 6.74. The average molecular weight is 276 g/mol. The Morgan fingerprint density at radius 1 is 1.40 bits per heavy atom. The molecule has 1 atom stereocenters. The number of benzene rings is 1. The Bertz CT molecular complexity index is 538. The van der Waals surface area contributed by atoms with Crippen molar-refractivity contribution in [1.82, 2.24) is 0 Å². The van der Waals surface area contributed by atoms with Crippen molar-refractivity contribution in [2.45, 2.75) is 32.6 Å². The second-order valence-electron chi connectivity index (χ2n) is 6.32. The third-order valence-electron chi connectivity index (χ3n) is 4.15. The molecule has 4 nitrogen and oxygen atoms in total. The molecule has 1 aromatic carbocycles. The largest absolute Gasteiger partial charge is 0.398 e. The lowest BCUT2D eigenvalue weighted by Gasteiger charge is -2.17. The fourth-order valence-corrected chi connectivity index (χ4v) is 2.97. The zero-order valence-electron chi connectivity index (χ0n) is 13.0. The van der Waals surface area contributed by atoms with Crippen molar-refractivity contribution in [1.29, 1.82) is 0 Å². The van der Waals surface area contributed by atoms with Gasteiger partial charge in [0, 0.05) is 32.1 Å². The molecule has 0 radical (unpaired) electrons. The maximum Gasteiger partial charge on any atom is 0.236 e. The molecule has 0 aliphatic carbocycles. The quantitative estimate of drug-likeness (QED) is 0.859. The first kappa shape index (κ1) is 14.9. The standard InChI is InChI=1S/C16H24N2O2/c1-10(9-20-5)6-11-7-14-12(8-13(11)17)16(2,3)15(19)18(14)4/h7-8,10H,6,9,17H2,1-5H3/t10-/m1/s1. The molecule has 0 spiro atoms. The molecule has 2 rings (SSSR count). The van der Waals surface area contributed by atoms with Crippen LogP contribution in [0.5, 0.6) is 0 Å². The second kappa shape index (κ2) is 5.09. The molecule has 0 saturated carbocycles. The molecule has 2 N–H and O–H groups in total. The Hall–Kier alpha value is -1.55. The minimum absolute atomic E-state index is 0.119. The van der Waals surface area contributed by atoms with Crippen LogP contribution in [-0.4, -0.2) is 26.7 Å². The van der Waals surface area contributed by atoms with Gasteiger partial charge in [-0.15, -0.1) is 0 Å². The van der Waals surface area contributed by atoms with Gasteiger partial charge in [0.15, 0.2) is 0 Å². The molecule has 0 fully saturated rings. The summed E-state index contributed by atoms with van der Waals surface area (Å²) in [5.41, 5.74) is 9.54. The van der Waals surface area contributed by atoms with Crippen LogP contribution in [0.25, 0.3) is 0 Å². The minimum atomic E-state index is -0.491. The number of nitrogens with two attached hydrogens (primary N) is 1. The minimum Gasteiger partial charge on any atom is -0.398 e. The van der Waals surface area contributed by atoms with Crippen molar-refractivity contribution in [2.75, 3.05) is 31.4 Å². The van der Waals surface area contributed by atoms with Crippen LogP contribution in [0.4, 0.5) is 11.4 Å². The number of ether oxygens (including phenoxy) is 1. The molecule has 1 aliphatic heterocycles. The van der Waals surface area contributed by atoms with Gasteiger partial charge in [0.05, 0.1) is 5.41 Å². The third-order valence-corrected chi connectivity index (χ3v) is 4.15. The van der Waals surface area contributed by atoms with E-state index in [1.54, 1.807) is 12.0 Å². The summed E-state index contributed by atoms with van der Waals surface area (Å²) in [6.07, 6.45) is 0.857. The van der Waals surface area contributed by atoms with E-state index in [-0.39, 0.29) is 5.91 Å². The predicted molar refractivity (Wildman–Crippen MR) is 82.0 cm³/mol. The number of nitrogens with zero attached hydrogens (tertiary/aromatic N) is 1. The van der Waals surface area contributed by atoms with Crippen LogP contribution >= 0.6 is 0 Å². The molecule has 4 heteroatoms. The Balaban J connectivity index is 2.39. The lowest BCUT2D eigenvalue weighted by Crippen LogP contribution is -2.33. The number of anilines is 2. The summed E-state index contributed by atoms with van der Waals surface area (Å²) < 4.78 is 5.17. The van der Waals surface area contributed by atoms with E-state index in [0.29, 0.717) is 12.5 Å². The summed E-state index contributed by atoms with van der Waals surface area (Å²) in [6, 6.07) is 4.02. The molecule has 1 aliphatic rings. The normalized spacial score (nSPS) is 18.2. The smallest absolute Gasteiger partial charge is 0.236 e. The lowest BCUT2D eigenvalue weighted by molar-refractivity contribution is -0.121. The van der Waals surface area contributed by atoms with Gasteiger partial charge in [0.2, 0.25) is 5.91 Å². The molecular weight excluding hydrogens is 252 g/mol. The van der Waals surface area contributed by atoms with Gasteiger partial charge in [0.25, 0.3) is 0 Å². The number of fused-ring (bicyclic) bond motifs is 1. The van der Waals surface area contributed by atoms with E-state index in [9.17, 15) is 4.79 Å². The highest BCUT2D eigenvalue weighted by atomic mass is 16.5. The summed E-state index contributed by atoms with van der Waals surface area (Å²) in [5, 5.41) is 0. The molecule has 0 saturated heterocycles. The number of hydrogen-bond acceptors (Lipinski definition) is 3. The topological polar surface area (TPSA) is 55.6 Å². The zero-order chi connectivity index (χ0) is 15.1. The number of nitrogen functional groups attached to an aromatic ring is 1. The number of methoxy groups -OCH3 is 1. The predicted octanol–water partition coefficient (Wildman–Crippen LogP) is 2.35. The summed E-state index contributed by atoms with van der Waals surface area (Å²) >= 11 is 0. The van der Waals surface area contributed by atoms with E-state index in [2.05, 4.69) is 13.0 Å². The van der Waals surface area contributed by atoms with E-state index in [4.69, 9.17) is 10.5 Å². The van der Waals surface area contributed by atoms with Crippen LogP contribution < -0.4 is 10.6 Å². The van der Waals surface area contributed by atoms with Crippen LogP contribution in [0, 0.1) is 5.92 Å². The van der Waals surface area contributed by atoms with E-state index < -0.39 is 5.41 Å². The van der Waals surface area contributed by atoms with Crippen molar-refractivity contribution < 1.29 is 9.53 Å². The van der Waals surface area contributed by atoms with Gasteiger partial charge in [-0.1, -0.05) is 6.92 Å². The van der Waals surface area contributed by atoms with Gasteiger partial charge in [-0.2, -0.15) is 0 Å². The Labute approximate surface area is 120 Å². The molecule has 0 unspecified atom stereocenters. The van der Waals surface area contributed by atoms with Crippen molar-refractivity contribution >= 4 is 17.3 Å². The van der Waals surface area contributed by atoms with Gasteiger partial charge in [-0.3, -0.25) is 4.79 Å². The third kappa shape index (κ3) is 2.29. The number of hydrogen-bond donors (Lipinski definition) is 1. The number of amides is 1. The van der Waals surface area contributed by atoms with E-state index >= 15 is 0 Å². The first-order valence-electron chi connectivity index (χ1n) is 6.99. The zero-order valence-corrected chi connectivity index (χ0v) is 13.0. The summed E-state index contributed by atoms with van der Waals surface area (Å²) in [5.74, 6) is 0.518. The van der Waals surface area contributed by atoms with Crippen LogP contribution in [0.3, 0.4) is 0 Å². The van der Waals surface area contributed by atoms with Crippen LogP contribution in [0.1, 0.15) is 31.9 Å². The maximum atomic E-state index is 12.3. The molecule has 110 valence electrons. The number of rotatable bonds is 4. The van der Waals surface area contributed by atoms with Crippen molar-refractivity contribution in [2.24, 2.45) is 5.92 Å². The molecule has 1 amide bonds. The Morgan fingerprint density at radius 2 is 2.05 bits per heavy atom. The van der Waals surface area contributed by atoms with Crippen LogP contribution in [-0.2, 0) is 21.4 Å². The number of carbonyl (C=O) groups excluding carboxylic acids is 1. The van der Waals surface area contributed by atoms with Crippen molar-refractivity contribution in [3.63, 3.8) is 0 Å². The van der Waals surface area contributed by atoms with Gasteiger partial charge in [-0.05, 0) is 49.4 Å². The van der Waals surface area contributed by atoms with Gasteiger partial charge < -0.3 is 15.4 Å². The molecular formula is C16H24N2O2. The Kier molecular flexibility index (Phi) is 3.78. The highest BCUT2D eigenvalue weighted by Crippen LogP contribution is 2.43. The molecule has 0 bridgehead atoms. The fraction of sp³-hybridized carbons (Fsp3) is 0.562. The van der Waals surface area contributed by atoms with Gasteiger partial charge >= 0.3 is 0 Å². The van der Waals surface area contributed by atoms with Crippen molar-refractivity contribution in [3.8, 4) is 0 Å². The molecule has 1 heterocycles. The first-order valence-corrected chi connectivity index (χ1v) is 6.99.